The molecule has 18 heavy (non-hydrogen) atoms. The van der Waals surface area contributed by atoms with E-state index in [0.29, 0.717) is 6.26 Å². The molecule has 0 spiro atoms. The van der Waals surface area contributed by atoms with Crippen LogP contribution < -0.4 is 0 Å². The van der Waals surface area contributed by atoms with Crippen LogP contribution in [0.5, 0.6) is 5.75 Å². The predicted molar refractivity (Wildman–Crippen MR) is 74.4 cm³/mol. The number of rotatable bonds is 0. The largest absolute Gasteiger partial charge is 0.507 e. The summed E-state index contributed by atoms with van der Waals surface area (Å²) in [7, 11) is -3.67. The SMILES string of the molecule is CC.CS(=O)(=O)O.[2H]c1ccc2ccccc2c1O. The minimum atomic E-state index is -3.67. The Bertz CT molecular complexity index is 616. The molecule has 100 valence electrons. The Labute approximate surface area is 109 Å². The van der Waals surface area contributed by atoms with Crippen molar-refractivity contribution in [2.45, 2.75) is 13.8 Å². The fraction of sp³-hybridized carbons (Fsp3) is 0.231. The van der Waals surface area contributed by atoms with Gasteiger partial charge in [0.05, 0.1) is 7.63 Å². The number of hydrogen-bond donors (Lipinski definition) is 2. The van der Waals surface area contributed by atoms with Crippen molar-refractivity contribution < 1.29 is 19.4 Å². The van der Waals surface area contributed by atoms with Gasteiger partial charge in [0.25, 0.3) is 10.1 Å². The van der Waals surface area contributed by atoms with E-state index in [-0.39, 0.29) is 11.8 Å². The summed E-state index contributed by atoms with van der Waals surface area (Å²) in [6.45, 7) is 4.00. The Morgan fingerprint density at radius 3 is 2.11 bits per heavy atom. The fourth-order valence-corrected chi connectivity index (χ4v) is 1.15. The molecule has 0 aliphatic carbocycles. The van der Waals surface area contributed by atoms with Crippen LogP contribution in [0.15, 0.2) is 42.4 Å². The Morgan fingerprint density at radius 1 is 1.11 bits per heavy atom. The van der Waals surface area contributed by atoms with Crippen molar-refractivity contribution in [3.63, 3.8) is 0 Å². The first-order valence-corrected chi connectivity index (χ1v) is 7.23. The van der Waals surface area contributed by atoms with E-state index in [4.69, 9.17) is 5.92 Å². The molecule has 2 aromatic rings. The van der Waals surface area contributed by atoms with E-state index in [2.05, 4.69) is 0 Å². The smallest absolute Gasteiger partial charge is 0.261 e. The highest BCUT2D eigenvalue weighted by Crippen LogP contribution is 2.22. The molecule has 2 N–H and O–H groups in total. The zero-order chi connectivity index (χ0) is 15.1. The maximum absolute atomic E-state index is 9.47. The van der Waals surface area contributed by atoms with Crippen LogP contribution in [0.4, 0.5) is 0 Å². The molecule has 4 nitrogen and oxygen atoms in total. The first-order chi connectivity index (χ1) is 8.79. The molecule has 0 unspecified atom stereocenters. The van der Waals surface area contributed by atoms with Gasteiger partial charge in [-0.25, -0.2) is 0 Å². The Kier molecular flexibility index (Phi) is 6.18. The van der Waals surface area contributed by atoms with Gasteiger partial charge < -0.3 is 5.11 Å². The van der Waals surface area contributed by atoms with Crippen molar-refractivity contribution in [3.05, 3.63) is 42.4 Å². The first kappa shape index (κ1) is 14.5. The van der Waals surface area contributed by atoms with E-state index in [0.717, 1.165) is 10.8 Å². The van der Waals surface area contributed by atoms with Crippen molar-refractivity contribution >= 4 is 20.9 Å². The minimum absolute atomic E-state index is 0.0631. The summed E-state index contributed by atoms with van der Waals surface area (Å²) >= 11 is 0. The lowest BCUT2D eigenvalue weighted by Gasteiger charge is -1.97. The van der Waals surface area contributed by atoms with Gasteiger partial charge in [0.15, 0.2) is 0 Å². The van der Waals surface area contributed by atoms with Gasteiger partial charge in [-0.3, -0.25) is 4.55 Å². The highest BCUT2D eigenvalue weighted by atomic mass is 32.2. The molecule has 0 saturated heterocycles. The molecule has 2 rings (SSSR count). The molecule has 0 amide bonds. The van der Waals surface area contributed by atoms with Crippen LogP contribution in [0.3, 0.4) is 0 Å². The van der Waals surface area contributed by atoms with Crippen molar-refractivity contribution in [1.82, 2.24) is 0 Å². The van der Waals surface area contributed by atoms with Gasteiger partial charge in [0, 0.05) is 5.39 Å². The van der Waals surface area contributed by atoms with Crippen LogP contribution >= 0.6 is 0 Å². The van der Waals surface area contributed by atoms with Gasteiger partial charge in [0.2, 0.25) is 0 Å². The number of phenolic OH excluding ortho intramolecular Hbond substituents is 1. The molecule has 2 aromatic carbocycles. The third kappa shape index (κ3) is 6.88. The summed E-state index contributed by atoms with van der Waals surface area (Å²) < 4.78 is 33.2. The topological polar surface area (TPSA) is 74.6 Å². The van der Waals surface area contributed by atoms with Gasteiger partial charge in [-0.15, -0.1) is 0 Å². The van der Waals surface area contributed by atoms with Crippen molar-refractivity contribution in [2.75, 3.05) is 6.26 Å². The summed E-state index contributed by atoms with van der Waals surface area (Å²) in [6, 6.07) is 11.1. The lowest BCUT2D eigenvalue weighted by atomic mass is 10.1. The maximum Gasteiger partial charge on any atom is 0.261 e. The zero-order valence-electron chi connectivity index (χ0n) is 11.6. The van der Waals surface area contributed by atoms with E-state index in [1.807, 2.05) is 44.2 Å². The molecular formula is C13H18O4S. The standard InChI is InChI=1S/C10H8O.C2H6.CH4O3S/c11-10-7-3-5-8-4-1-2-6-9(8)10;1-2;1-5(2,3)4/h1-7,11H;1-2H3;1H3,(H,2,3,4)/i7D;;. The molecule has 0 heterocycles. The van der Waals surface area contributed by atoms with E-state index in [1.54, 1.807) is 6.07 Å². The second-order valence-electron chi connectivity index (χ2n) is 3.15. The predicted octanol–water partition coefficient (Wildman–Crippen LogP) is 3.08. The monoisotopic (exact) mass is 271 g/mol. The number of phenols is 1. The molecule has 0 saturated carbocycles. The van der Waals surface area contributed by atoms with E-state index in [9.17, 15) is 13.5 Å². The summed E-state index contributed by atoms with van der Waals surface area (Å²) in [4.78, 5) is 0. The highest BCUT2D eigenvalue weighted by Gasteiger charge is 1.94. The normalized spacial score (nSPS) is 10.6. The summed E-state index contributed by atoms with van der Waals surface area (Å²) in [6.07, 6.45) is 0.715. The Balaban J connectivity index is 0.000000396. The fourth-order valence-electron chi connectivity index (χ4n) is 1.15. The summed E-state index contributed by atoms with van der Waals surface area (Å²) in [5.41, 5.74) is 0. The zero-order valence-corrected chi connectivity index (χ0v) is 11.4. The van der Waals surface area contributed by atoms with Crippen LogP contribution in [0.1, 0.15) is 15.2 Å². The Morgan fingerprint density at radius 2 is 1.56 bits per heavy atom. The van der Waals surface area contributed by atoms with Crippen molar-refractivity contribution in [2.24, 2.45) is 0 Å². The van der Waals surface area contributed by atoms with E-state index >= 15 is 0 Å². The van der Waals surface area contributed by atoms with Gasteiger partial charge in [0.1, 0.15) is 5.75 Å². The second-order valence-corrected chi connectivity index (χ2v) is 4.61. The maximum atomic E-state index is 9.47. The molecule has 0 bridgehead atoms. The van der Waals surface area contributed by atoms with Gasteiger partial charge in [-0.2, -0.15) is 8.42 Å². The van der Waals surface area contributed by atoms with Gasteiger partial charge in [-0.1, -0.05) is 50.2 Å². The van der Waals surface area contributed by atoms with Crippen LogP contribution in [-0.2, 0) is 10.1 Å². The summed E-state index contributed by atoms with van der Waals surface area (Å²) in [5, 5.41) is 11.2. The quantitative estimate of drug-likeness (QED) is 0.722. The average Bonchev–Trinajstić information content (AvgIpc) is 2.35. The van der Waals surface area contributed by atoms with Crippen molar-refractivity contribution in [3.8, 4) is 5.75 Å². The van der Waals surface area contributed by atoms with Crippen LogP contribution in [0, 0.1) is 0 Å². The molecule has 0 aromatic heterocycles. The van der Waals surface area contributed by atoms with Crippen LogP contribution in [0.25, 0.3) is 10.8 Å². The number of fused-ring (bicyclic) bond motifs is 1. The number of benzene rings is 2. The molecule has 5 heteroatoms. The van der Waals surface area contributed by atoms with Crippen LogP contribution in [-0.4, -0.2) is 24.3 Å². The molecule has 0 fully saturated rings. The van der Waals surface area contributed by atoms with Gasteiger partial charge in [-0.05, 0) is 11.4 Å². The number of aromatic hydroxyl groups is 1. The minimum Gasteiger partial charge on any atom is -0.507 e. The van der Waals surface area contributed by atoms with Crippen molar-refractivity contribution in [1.29, 1.82) is 0 Å². The van der Waals surface area contributed by atoms with E-state index < -0.39 is 10.1 Å². The van der Waals surface area contributed by atoms with Gasteiger partial charge >= 0.3 is 0 Å². The second kappa shape index (κ2) is 7.68. The first-order valence-electron chi connectivity index (χ1n) is 5.89. The molecular weight excluding hydrogens is 252 g/mol. The van der Waals surface area contributed by atoms with Crippen LogP contribution in [0.2, 0.25) is 0 Å². The lowest BCUT2D eigenvalue weighted by Crippen LogP contribution is -1.88. The molecule has 0 aliphatic rings. The summed E-state index contributed by atoms with van der Waals surface area (Å²) in [5.74, 6) is 0.0631. The van der Waals surface area contributed by atoms with E-state index in [1.165, 1.54) is 0 Å². The number of hydrogen-bond acceptors (Lipinski definition) is 3. The Hall–Kier alpha value is -1.59. The molecule has 0 radical (unpaired) electrons. The molecule has 0 atom stereocenters. The third-order valence-corrected chi connectivity index (χ3v) is 1.70. The highest BCUT2D eigenvalue weighted by molar-refractivity contribution is 7.85. The average molecular weight is 271 g/mol. The lowest BCUT2D eigenvalue weighted by molar-refractivity contribution is 0.481. The third-order valence-electron chi connectivity index (χ3n) is 1.70. The molecule has 0 aliphatic heterocycles.